The first-order chi connectivity index (χ1) is 11.1. The summed E-state index contributed by atoms with van der Waals surface area (Å²) in [7, 11) is 0. The molecule has 1 heterocycles. The predicted octanol–water partition coefficient (Wildman–Crippen LogP) is 5.33. The van der Waals surface area contributed by atoms with E-state index in [2.05, 4.69) is 6.58 Å². The van der Waals surface area contributed by atoms with Crippen molar-refractivity contribution in [1.82, 2.24) is 0 Å². The Kier molecular flexibility index (Phi) is 4.42. The van der Waals surface area contributed by atoms with Crippen LogP contribution in [0.5, 0.6) is 5.75 Å². The molecule has 0 unspecified atom stereocenters. The molecule has 0 spiro atoms. The second-order valence-corrected chi connectivity index (χ2v) is 5.68. The molecule has 23 heavy (non-hydrogen) atoms. The van der Waals surface area contributed by atoms with Crippen molar-refractivity contribution in [2.24, 2.45) is 0 Å². The summed E-state index contributed by atoms with van der Waals surface area (Å²) in [6.07, 6.45) is 1.65. The Morgan fingerprint density at radius 1 is 1.17 bits per heavy atom. The molecule has 0 aliphatic heterocycles. The van der Waals surface area contributed by atoms with Gasteiger partial charge in [0.1, 0.15) is 18.1 Å². The minimum Gasteiger partial charge on any atom is -0.489 e. The highest BCUT2D eigenvalue weighted by atomic mass is 35.5. The van der Waals surface area contributed by atoms with E-state index in [1.165, 1.54) is 12.1 Å². The predicted molar refractivity (Wildman–Crippen MR) is 93.6 cm³/mol. The zero-order valence-corrected chi connectivity index (χ0v) is 13.5. The van der Waals surface area contributed by atoms with Gasteiger partial charge >= 0.3 is 0 Å². The van der Waals surface area contributed by atoms with Gasteiger partial charge in [0.2, 0.25) is 0 Å². The Morgan fingerprint density at radius 3 is 2.74 bits per heavy atom. The normalized spacial score (nSPS) is 10.7. The molecule has 0 atom stereocenters. The maximum atomic E-state index is 12.4. The van der Waals surface area contributed by atoms with Crippen molar-refractivity contribution in [1.29, 1.82) is 0 Å². The fourth-order valence-corrected chi connectivity index (χ4v) is 2.79. The third-order valence-corrected chi connectivity index (χ3v) is 3.76. The first-order valence-electron chi connectivity index (χ1n) is 6.86. The summed E-state index contributed by atoms with van der Waals surface area (Å²) in [5.74, 6) is 0.978. The van der Waals surface area contributed by atoms with Crippen LogP contribution in [0.1, 0.15) is 0 Å². The SMILES string of the molecule is C=CCOc1ccccc1-c1cc(=O)c2cc(Cl)cc(Cl)c2o1. The molecule has 0 saturated carbocycles. The average molecular weight is 347 g/mol. The van der Waals surface area contributed by atoms with Crippen molar-refractivity contribution in [3.05, 3.63) is 75.4 Å². The Bertz CT molecular complexity index is 945. The Balaban J connectivity index is 2.22. The molecule has 3 aromatic rings. The highest BCUT2D eigenvalue weighted by Gasteiger charge is 2.14. The van der Waals surface area contributed by atoms with Gasteiger partial charge in [-0.1, -0.05) is 48.0 Å². The zero-order chi connectivity index (χ0) is 16.4. The van der Waals surface area contributed by atoms with E-state index in [-0.39, 0.29) is 10.5 Å². The minimum atomic E-state index is -0.218. The molecule has 0 radical (unpaired) electrons. The van der Waals surface area contributed by atoms with E-state index >= 15 is 0 Å². The summed E-state index contributed by atoms with van der Waals surface area (Å²) in [4.78, 5) is 12.4. The molecule has 0 N–H and O–H groups in total. The Hall–Kier alpha value is -2.23. The molecule has 5 heteroatoms. The van der Waals surface area contributed by atoms with E-state index in [1.807, 2.05) is 18.2 Å². The highest BCUT2D eigenvalue weighted by molar-refractivity contribution is 6.38. The molecule has 116 valence electrons. The van der Waals surface area contributed by atoms with Gasteiger partial charge in [0.15, 0.2) is 11.0 Å². The first-order valence-corrected chi connectivity index (χ1v) is 7.61. The fraction of sp³-hybridized carbons (Fsp3) is 0.0556. The van der Waals surface area contributed by atoms with Gasteiger partial charge in [0.25, 0.3) is 0 Å². The number of halogens is 2. The van der Waals surface area contributed by atoms with Crippen LogP contribution < -0.4 is 10.2 Å². The average Bonchev–Trinajstić information content (AvgIpc) is 2.54. The van der Waals surface area contributed by atoms with Crippen LogP contribution in [0.3, 0.4) is 0 Å². The van der Waals surface area contributed by atoms with Crippen LogP contribution in [0, 0.1) is 0 Å². The summed E-state index contributed by atoms with van der Waals surface area (Å²) in [5.41, 5.74) is 0.751. The molecule has 0 amide bonds. The summed E-state index contributed by atoms with van der Waals surface area (Å²) in [6, 6.07) is 11.8. The van der Waals surface area contributed by atoms with Crippen molar-refractivity contribution in [3.8, 4) is 17.1 Å². The van der Waals surface area contributed by atoms with Crippen molar-refractivity contribution in [2.75, 3.05) is 6.61 Å². The Labute approximate surface area is 142 Å². The smallest absolute Gasteiger partial charge is 0.193 e. The van der Waals surface area contributed by atoms with Crippen molar-refractivity contribution in [3.63, 3.8) is 0 Å². The van der Waals surface area contributed by atoms with Crippen LogP contribution in [0.4, 0.5) is 0 Å². The van der Waals surface area contributed by atoms with Gasteiger partial charge in [-0.3, -0.25) is 4.79 Å². The van der Waals surface area contributed by atoms with Gasteiger partial charge in [-0.25, -0.2) is 0 Å². The molecule has 1 aromatic heterocycles. The van der Waals surface area contributed by atoms with Gasteiger partial charge in [0, 0.05) is 11.1 Å². The third kappa shape index (κ3) is 3.11. The standard InChI is InChI=1S/C18H12Cl2O3/c1-2-7-22-16-6-4-3-5-12(16)17-10-15(21)13-8-11(19)9-14(20)18(13)23-17/h2-6,8-10H,1,7H2. The number of benzene rings is 2. The lowest BCUT2D eigenvalue weighted by molar-refractivity contribution is 0.363. The number of hydrogen-bond donors (Lipinski definition) is 0. The molecule has 2 aromatic carbocycles. The lowest BCUT2D eigenvalue weighted by atomic mass is 10.1. The molecule has 3 rings (SSSR count). The number of hydrogen-bond acceptors (Lipinski definition) is 3. The van der Waals surface area contributed by atoms with Crippen molar-refractivity contribution >= 4 is 34.2 Å². The van der Waals surface area contributed by atoms with E-state index in [4.69, 9.17) is 32.4 Å². The molecule has 0 saturated heterocycles. The van der Waals surface area contributed by atoms with E-state index in [0.29, 0.717) is 39.7 Å². The summed E-state index contributed by atoms with van der Waals surface area (Å²) in [6.45, 7) is 3.98. The zero-order valence-electron chi connectivity index (χ0n) is 12.0. The Morgan fingerprint density at radius 2 is 1.96 bits per heavy atom. The van der Waals surface area contributed by atoms with Gasteiger partial charge in [0.05, 0.1) is 16.0 Å². The van der Waals surface area contributed by atoms with E-state index in [1.54, 1.807) is 18.2 Å². The number of fused-ring (bicyclic) bond motifs is 1. The van der Waals surface area contributed by atoms with Crippen LogP contribution in [-0.4, -0.2) is 6.61 Å². The maximum absolute atomic E-state index is 12.4. The largest absolute Gasteiger partial charge is 0.489 e. The number of ether oxygens (including phenoxy) is 1. The molecule has 0 aliphatic rings. The topological polar surface area (TPSA) is 39.4 Å². The molecular weight excluding hydrogens is 335 g/mol. The summed E-state index contributed by atoms with van der Waals surface area (Å²) < 4.78 is 11.4. The van der Waals surface area contributed by atoms with Gasteiger partial charge in [-0.2, -0.15) is 0 Å². The molecule has 3 nitrogen and oxygen atoms in total. The van der Waals surface area contributed by atoms with Crippen LogP contribution in [-0.2, 0) is 0 Å². The van der Waals surface area contributed by atoms with Gasteiger partial charge in [-0.05, 0) is 24.3 Å². The van der Waals surface area contributed by atoms with Gasteiger partial charge in [-0.15, -0.1) is 0 Å². The molecule has 0 aliphatic carbocycles. The molecule has 0 bridgehead atoms. The van der Waals surface area contributed by atoms with Crippen LogP contribution in [0.25, 0.3) is 22.3 Å². The van der Waals surface area contributed by atoms with Crippen molar-refractivity contribution in [2.45, 2.75) is 0 Å². The lowest BCUT2D eigenvalue weighted by Gasteiger charge is -2.10. The van der Waals surface area contributed by atoms with Crippen LogP contribution >= 0.6 is 23.2 Å². The second kappa shape index (κ2) is 6.49. The molecule has 0 fully saturated rings. The third-order valence-electron chi connectivity index (χ3n) is 3.26. The fourth-order valence-electron chi connectivity index (χ4n) is 2.26. The quantitative estimate of drug-likeness (QED) is 0.599. The highest BCUT2D eigenvalue weighted by Crippen LogP contribution is 2.33. The maximum Gasteiger partial charge on any atom is 0.193 e. The summed E-state index contributed by atoms with van der Waals surface area (Å²) >= 11 is 12.1. The minimum absolute atomic E-state index is 0.218. The number of rotatable bonds is 4. The lowest BCUT2D eigenvalue weighted by Crippen LogP contribution is -2.02. The second-order valence-electron chi connectivity index (χ2n) is 4.84. The molecular formula is C18H12Cl2O3. The summed E-state index contributed by atoms with van der Waals surface area (Å²) in [5, 5.41) is 1.02. The van der Waals surface area contributed by atoms with E-state index < -0.39 is 0 Å². The van der Waals surface area contributed by atoms with Gasteiger partial charge < -0.3 is 9.15 Å². The van der Waals surface area contributed by atoms with Crippen LogP contribution in [0.15, 0.2) is 64.3 Å². The van der Waals surface area contributed by atoms with E-state index in [9.17, 15) is 4.79 Å². The van der Waals surface area contributed by atoms with Crippen molar-refractivity contribution < 1.29 is 9.15 Å². The van der Waals surface area contributed by atoms with Crippen LogP contribution in [0.2, 0.25) is 10.0 Å². The van der Waals surface area contributed by atoms with E-state index in [0.717, 1.165) is 0 Å². The number of para-hydroxylation sites is 1. The first kappa shape index (κ1) is 15.7. The monoisotopic (exact) mass is 346 g/mol.